The van der Waals surface area contributed by atoms with Gasteiger partial charge in [0.25, 0.3) is 5.91 Å². The minimum absolute atomic E-state index is 0.196. The third kappa shape index (κ3) is 3.08. The Morgan fingerprint density at radius 2 is 2.47 bits per heavy atom. The molecule has 2 N–H and O–H groups in total. The SMILES string of the molecule is CCCNC(=O)C1COCCN1C(=O)c1cn[nH]n1. The summed E-state index contributed by atoms with van der Waals surface area (Å²) in [6.07, 6.45) is 2.19. The Bertz CT molecular complexity index is 434. The monoisotopic (exact) mass is 267 g/mol. The van der Waals surface area contributed by atoms with Gasteiger partial charge < -0.3 is 15.0 Å². The summed E-state index contributed by atoms with van der Waals surface area (Å²) < 4.78 is 5.28. The van der Waals surface area contributed by atoms with Crippen molar-refractivity contribution in [3.8, 4) is 0 Å². The van der Waals surface area contributed by atoms with Gasteiger partial charge in [-0.15, -0.1) is 0 Å². The van der Waals surface area contributed by atoms with Gasteiger partial charge in [-0.3, -0.25) is 9.59 Å². The zero-order chi connectivity index (χ0) is 13.7. The Balaban J connectivity index is 2.07. The number of nitrogens with zero attached hydrogens (tertiary/aromatic N) is 3. The first-order valence-corrected chi connectivity index (χ1v) is 6.26. The normalized spacial score (nSPS) is 19.2. The van der Waals surface area contributed by atoms with Crippen LogP contribution in [0.1, 0.15) is 23.8 Å². The van der Waals surface area contributed by atoms with E-state index in [-0.39, 0.29) is 24.1 Å². The topological polar surface area (TPSA) is 100 Å². The lowest BCUT2D eigenvalue weighted by molar-refractivity contribution is -0.130. The van der Waals surface area contributed by atoms with Crippen molar-refractivity contribution in [3.63, 3.8) is 0 Å². The molecule has 0 radical (unpaired) electrons. The van der Waals surface area contributed by atoms with Crippen LogP contribution >= 0.6 is 0 Å². The van der Waals surface area contributed by atoms with E-state index in [1.54, 1.807) is 0 Å². The van der Waals surface area contributed by atoms with Crippen LogP contribution in [0.4, 0.5) is 0 Å². The minimum Gasteiger partial charge on any atom is -0.377 e. The molecule has 2 heterocycles. The fraction of sp³-hybridized carbons (Fsp3) is 0.636. The van der Waals surface area contributed by atoms with Crippen molar-refractivity contribution in [2.75, 3.05) is 26.3 Å². The standard InChI is InChI=1S/C11H17N5O3/c1-2-3-12-10(17)9-7-19-5-4-16(9)11(18)8-6-13-15-14-8/h6,9H,2-5,7H2,1H3,(H,12,17)(H,13,14,15). The molecule has 1 aromatic rings. The van der Waals surface area contributed by atoms with Crippen molar-refractivity contribution in [2.45, 2.75) is 19.4 Å². The van der Waals surface area contributed by atoms with Crippen LogP contribution in [0.5, 0.6) is 0 Å². The molecular weight excluding hydrogens is 250 g/mol. The van der Waals surface area contributed by atoms with Crippen molar-refractivity contribution in [1.82, 2.24) is 25.6 Å². The van der Waals surface area contributed by atoms with Crippen LogP contribution in [0, 0.1) is 0 Å². The van der Waals surface area contributed by atoms with Crippen molar-refractivity contribution >= 4 is 11.8 Å². The lowest BCUT2D eigenvalue weighted by atomic mass is 10.2. The lowest BCUT2D eigenvalue weighted by Gasteiger charge is -2.33. The average molecular weight is 267 g/mol. The fourth-order valence-electron chi connectivity index (χ4n) is 1.88. The van der Waals surface area contributed by atoms with Gasteiger partial charge in [-0.25, -0.2) is 0 Å². The first-order chi connectivity index (χ1) is 9.24. The molecule has 1 aromatic heterocycles. The second-order valence-electron chi connectivity index (χ2n) is 4.24. The molecule has 1 unspecified atom stereocenters. The van der Waals surface area contributed by atoms with Crippen molar-refractivity contribution in [2.24, 2.45) is 0 Å². The van der Waals surface area contributed by atoms with Gasteiger partial charge in [0, 0.05) is 13.1 Å². The molecule has 1 atom stereocenters. The molecule has 2 rings (SSSR count). The lowest BCUT2D eigenvalue weighted by Crippen LogP contribution is -2.56. The number of morpholine rings is 1. The number of carbonyl (C=O) groups is 2. The van der Waals surface area contributed by atoms with Gasteiger partial charge in [-0.05, 0) is 6.42 Å². The second-order valence-corrected chi connectivity index (χ2v) is 4.24. The first kappa shape index (κ1) is 13.5. The van der Waals surface area contributed by atoms with Gasteiger partial charge in [-0.2, -0.15) is 15.4 Å². The molecule has 0 spiro atoms. The van der Waals surface area contributed by atoms with Gasteiger partial charge in [0.05, 0.1) is 19.4 Å². The molecule has 1 fully saturated rings. The Hall–Kier alpha value is -1.96. The van der Waals surface area contributed by atoms with E-state index < -0.39 is 6.04 Å². The highest BCUT2D eigenvalue weighted by atomic mass is 16.5. The molecule has 104 valence electrons. The Kier molecular flexibility index (Phi) is 4.45. The molecule has 2 amide bonds. The maximum absolute atomic E-state index is 12.2. The van der Waals surface area contributed by atoms with E-state index >= 15 is 0 Å². The summed E-state index contributed by atoms with van der Waals surface area (Å²) in [5.41, 5.74) is 0.204. The van der Waals surface area contributed by atoms with Gasteiger partial charge in [0.15, 0.2) is 5.69 Å². The zero-order valence-corrected chi connectivity index (χ0v) is 10.8. The van der Waals surface area contributed by atoms with Gasteiger partial charge in [-0.1, -0.05) is 6.92 Å². The number of ether oxygens (including phenoxy) is 1. The Morgan fingerprint density at radius 1 is 1.63 bits per heavy atom. The van der Waals surface area contributed by atoms with Crippen LogP contribution < -0.4 is 5.32 Å². The quantitative estimate of drug-likeness (QED) is 0.741. The van der Waals surface area contributed by atoms with E-state index in [0.717, 1.165) is 6.42 Å². The number of H-pyrrole nitrogens is 1. The molecule has 8 heteroatoms. The third-order valence-corrected chi connectivity index (χ3v) is 2.88. The van der Waals surface area contributed by atoms with Crippen molar-refractivity contribution < 1.29 is 14.3 Å². The summed E-state index contributed by atoms with van der Waals surface area (Å²) in [7, 11) is 0. The second kappa shape index (κ2) is 6.28. The number of carbonyl (C=O) groups excluding carboxylic acids is 2. The van der Waals surface area contributed by atoms with Crippen molar-refractivity contribution in [1.29, 1.82) is 0 Å². The minimum atomic E-state index is -0.607. The molecule has 0 aromatic carbocycles. The van der Waals surface area contributed by atoms with Gasteiger partial charge in [0.1, 0.15) is 6.04 Å². The predicted octanol–water partition coefficient (Wildman–Crippen LogP) is -0.828. The molecule has 0 aliphatic carbocycles. The number of rotatable bonds is 4. The highest BCUT2D eigenvalue weighted by Crippen LogP contribution is 2.11. The number of amides is 2. The van der Waals surface area contributed by atoms with Crippen LogP contribution in [0.2, 0.25) is 0 Å². The summed E-state index contributed by atoms with van der Waals surface area (Å²) in [5, 5.41) is 12.5. The van der Waals surface area contributed by atoms with E-state index in [0.29, 0.717) is 19.7 Å². The molecule has 0 saturated carbocycles. The summed E-state index contributed by atoms with van der Waals surface area (Å²) in [4.78, 5) is 25.7. The fourth-order valence-corrected chi connectivity index (χ4v) is 1.88. The smallest absolute Gasteiger partial charge is 0.276 e. The number of hydrogen-bond donors (Lipinski definition) is 2. The van der Waals surface area contributed by atoms with Crippen LogP contribution in [-0.2, 0) is 9.53 Å². The van der Waals surface area contributed by atoms with Crippen molar-refractivity contribution in [3.05, 3.63) is 11.9 Å². The molecule has 1 saturated heterocycles. The largest absolute Gasteiger partial charge is 0.377 e. The zero-order valence-electron chi connectivity index (χ0n) is 10.8. The number of aromatic nitrogens is 3. The van der Waals surface area contributed by atoms with Crippen LogP contribution in [-0.4, -0.2) is 64.5 Å². The van der Waals surface area contributed by atoms with Crippen LogP contribution in [0.3, 0.4) is 0 Å². The first-order valence-electron chi connectivity index (χ1n) is 6.26. The molecular formula is C11H17N5O3. The molecule has 1 aliphatic rings. The van der Waals surface area contributed by atoms with Crippen LogP contribution in [0.25, 0.3) is 0 Å². The molecule has 8 nitrogen and oxygen atoms in total. The maximum Gasteiger partial charge on any atom is 0.276 e. The molecule has 1 aliphatic heterocycles. The van der Waals surface area contributed by atoms with E-state index in [4.69, 9.17) is 4.74 Å². The van der Waals surface area contributed by atoms with E-state index in [1.165, 1.54) is 11.1 Å². The highest BCUT2D eigenvalue weighted by Gasteiger charge is 2.33. The number of nitrogens with one attached hydrogen (secondary N) is 2. The Morgan fingerprint density at radius 3 is 3.16 bits per heavy atom. The Labute approximate surface area is 110 Å². The molecule has 19 heavy (non-hydrogen) atoms. The summed E-state index contributed by atoms with van der Waals surface area (Å²) in [5.74, 6) is -0.507. The summed E-state index contributed by atoms with van der Waals surface area (Å²) in [6, 6.07) is -0.607. The summed E-state index contributed by atoms with van der Waals surface area (Å²) >= 11 is 0. The summed E-state index contributed by atoms with van der Waals surface area (Å²) in [6.45, 7) is 3.55. The molecule has 0 bridgehead atoms. The maximum atomic E-state index is 12.2. The van der Waals surface area contributed by atoms with E-state index in [9.17, 15) is 9.59 Å². The van der Waals surface area contributed by atoms with Gasteiger partial charge in [0.2, 0.25) is 5.91 Å². The highest BCUT2D eigenvalue weighted by molar-refractivity contribution is 5.96. The number of aromatic amines is 1. The number of hydrogen-bond acceptors (Lipinski definition) is 5. The third-order valence-electron chi connectivity index (χ3n) is 2.88. The van der Waals surface area contributed by atoms with E-state index in [2.05, 4.69) is 20.7 Å². The van der Waals surface area contributed by atoms with E-state index in [1.807, 2.05) is 6.92 Å². The average Bonchev–Trinajstić information content (AvgIpc) is 2.98. The van der Waals surface area contributed by atoms with Crippen LogP contribution in [0.15, 0.2) is 6.20 Å². The van der Waals surface area contributed by atoms with Gasteiger partial charge >= 0.3 is 0 Å². The predicted molar refractivity (Wildman–Crippen MR) is 65.3 cm³/mol.